The normalized spacial score (nSPS) is 11.9. The molecule has 0 radical (unpaired) electrons. The Morgan fingerprint density at radius 3 is 2.29 bits per heavy atom. The summed E-state index contributed by atoms with van der Waals surface area (Å²) in [5, 5.41) is 10.3. The second kappa shape index (κ2) is 7.23. The van der Waals surface area contributed by atoms with Crippen molar-refractivity contribution in [1.82, 2.24) is 0 Å². The molecule has 0 atom stereocenters. The Hall–Kier alpha value is -1.87. The molecule has 0 aliphatic rings. The van der Waals surface area contributed by atoms with Crippen molar-refractivity contribution in [3.63, 3.8) is 0 Å². The smallest absolute Gasteiger partial charge is 0.163 e. The summed E-state index contributed by atoms with van der Waals surface area (Å²) >= 11 is 3.49. The number of benzene rings is 2. The Kier molecular flexibility index (Phi) is 5.34. The fourth-order valence-corrected chi connectivity index (χ4v) is 2.74. The van der Waals surface area contributed by atoms with Gasteiger partial charge < -0.3 is 5.11 Å². The Balaban J connectivity index is 2.24. The Labute approximate surface area is 133 Å². The SMILES string of the molecule is CC(=O)C(=C(O)CCc1ccccc1Br)c1ccccc1. The van der Waals surface area contributed by atoms with E-state index >= 15 is 0 Å². The van der Waals surface area contributed by atoms with Crippen LogP contribution in [0.4, 0.5) is 0 Å². The minimum atomic E-state index is -0.120. The fraction of sp³-hybridized carbons (Fsp3) is 0.167. The van der Waals surface area contributed by atoms with Gasteiger partial charge >= 0.3 is 0 Å². The lowest BCUT2D eigenvalue weighted by Crippen LogP contribution is -2.02. The van der Waals surface area contributed by atoms with Crippen LogP contribution in [0.2, 0.25) is 0 Å². The number of aliphatic hydroxyl groups excluding tert-OH is 1. The second-order valence-corrected chi connectivity index (χ2v) is 5.69. The molecule has 108 valence electrons. The second-order valence-electron chi connectivity index (χ2n) is 4.84. The number of carbonyl (C=O) groups excluding carboxylic acids is 1. The van der Waals surface area contributed by atoms with Crippen LogP contribution < -0.4 is 0 Å². The summed E-state index contributed by atoms with van der Waals surface area (Å²) in [5.41, 5.74) is 2.28. The Morgan fingerprint density at radius 2 is 1.67 bits per heavy atom. The van der Waals surface area contributed by atoms with Crippen LogP contribution in [0.15, 0.2) is 64.8 Å². The molecule has 0 saturated carbocycles. The maximum atomic E-state index is 11.8. The summed E-state index contributed by atoms with van der Waals surface area (Å²) in [6.07, 6.45) is 1.11. The van der Waals surface area contributed by atoms with E-state index in [0.717, 1.165) is 15.6 Å². The first-order chi connectivity index (χ1) is 10.1. The molecule has 2 rings (SSSR count). The number of aryl methyl sites for hydroxylation is 1. The van der Waals surface area contributed by atoms with Crippen molar-refractivity contribution < 1.29 is 9.90 Å². The van der Waals surface area contributed by atoms with Crippen molar-refractivity contribution >= 4 is 27.3 Å². The average Bonchev–Trinajstić information content (AvgIpc) is 2.47. The maximum absolute atomic E-state index is 11.8. The summed E-state index contributed by atoms with van der Waals surface area (Å²) in [5.74, 6) is 0.0234. The third kappa shape index (κ3) is 4.05. The summed E-state index contributed by atoms with van der Waals surface area (Å²) in [6.45, 7) is 1.48. The summed E-state index contributed by atoms with van der Waals surface area (Å²) in [7, 11) is 0. The first kappa shape index (κ1) is 15.5. The van der Waals surface area contributed by atoms with E-state index in [4.69, 9.17) is 0 Å². The highest BCUT2D eigenvalue weighted by atomic mass is 79.9. The molecule has 2 aromatic rings. The van der Waals surface area contributed by atoms with E-state index in [0.29, 0.717) is 18.4 Å². The molecule has 1 N–H and O–H groups in total. The molecule has 0 unspecified atom stereocenters. The topological polar surface area (TPSA) is 37.3 Å². The minimum absolute atomic E-state index is 0.120. The number of carbonyl (C=O) groups is 1. The van der Waals surface area contributed by atoms with Gasteiger partial charge in [-0.15, -0.1) is 0 Å². The third-order valence-corrected chi connectivity index (χ3v) is 4.07. The lowest BCUT2D eigenvalue weighted by molar-refractivity contribution is -0.111. The van der Waals surface area contributed by atoms with Crippen molar-refractivity contribution in [2.75, 3.05) is 0 Å². The Bertz CT molecular complexity index is 660. The van der Waals surface area contributed by atoms with Gasteiger partial charge in [-0.05, 0) is 30.5 Å². The number of hydrogen-bond acceptors (Lipinski definition) is 2. The van der Waals surface area contributed by atoms with Gasteiger partial charge in [-0.2, -0.15) is 0 Å². The molecule has 0 aromatic heterocycles. The van der Waals surface area contributed by atoms with Crippen LogP contribution >= 0.6 is 15.9 Å². The van der Waals surface area contributed by atoms with Gasteiger partial charge in [0.15, 0.2) is 5.78 Å². The molecule has 2 aromatic carbocycles. The Morgan fingerprint density at radius 1 is 1.05 bits per heavy atom. The van der Waals surface area contributed by atoms with E-state index in [1.165, 1.54) is 6.92 Å². The molecule has 0 saturated heterocycles. The highest BCUT2D eigenvalue weighted by molar-refractivity contribution is 9.10. The van der Waals surface area contributed by atoms with E-state index in [1.54, 1.807) is 0 Å². The highest BCUT2D eigenvalue weighted by Gasteiger charge is 2.13. The van der Waals surface area contributed by atoms with Gasteiger partial charge in [0.05, 0.1) is 5.57 Å². The number of halogens is 1. The van der Waals surface area contributed by atoms with Crippen molar-refractivity contribution in [3.8, 4) is 0 Å². The van der Waals surface area contributed by atoms with Gasteiger partial charge in [0.2, 0.25) is 0 Å². The number of allylic oxidation sites excluding steroid dienone is 2. The number of ketones is 1. The van der Waals surface area contributed by atoms with E-state index < -0.39 is 0 Å². The summed E-state index contributed by atoms with van der Waals surface area (Å²) < 4.78 is 1.02. The predicted octanol–water partition coefficient (Wildman–Crippen LogP) is 4.94. The first-order valence-electron chi connectivity index (χ1n) is 6.81. The largest absolute Gasteiger partial charge is 0.512 e. The monoisotopic (exact) mass is 344 g/mol. The molecule has 2 nitrogen and oxygen atoms in total. The van der Waals surface area contributed by atoms with Gasteiger partial charge in [-0.1, -0.05) is 64.5 Å². The average molecular weight is 345 g/mol. The zero-order chi connectivity index (χ0) is 15.2. The quantitative estimate of drug-likeness (QED) is 0.616. The van der Waals surface area contributed by atoms with Crippen LogP contribution in [0.3, 0.4) is 0 Å². The van der Waals surface area contributed by atoms with Gasteiger partial charge in [-0.3, -0.25) is 4.79 Å². The van der Waals surface area contributed by atoms with Crippen LogP contribution in [-0.4, -0.2) is 10.9 Å². The molecular formula is C18H17BrO2. The van der Waals surface area contributed by atoms with Crippen LogP contribution in [0.25, 0.3) is 5.57 Å². The predicted molar refractivity (Wildman–Crippen MR) is 89.1 cm³/mol. The highest BCUT2D eigenvalue weighted by Crippen LogP contribution is 2.23. The summed E-state index contributed by atoms with van der Waals surface area (Å²) in [6, 6.07) is 17.2. The molecule has 0 fully saturated rings. The lowest BCUT2D eigenvalue weighted by Gasteiger charge is -2.09. The van der Waals surface area contributed by atoms with E-state index in [-0.39, 0.29) is 11.5 Å². The van der Waals surface area contributed by atoms with Crippen molar-refractivity contribution in [2.24, 2.45) is 0 Å². The van der Waals surface area contributed by atoms with Crippen LogP contribution in [-0.2, 0) is 11.2 Å². The molecule has 3 heteroatoms. The van der Waals surface area contributed by atoms with E-state index in [2.05, 4.69) is 15.9 Å². The van der Waals surface area contributed by atoms with E-state index in [1.807, 2.05) is 54.6 Å². The zero-order valence-electron chi connectivity index (χ0n) is 11.8. The maximum Gasteiger partial charge on any atom is 0.163 e. The number of hydrogen-bond donors (Lipinski definition) is 1. The number of Topliss-reactive ketones (excluding diaryl/α,β-unsaturated/α-hetero) is 1. The molecule has 0 aliphatic heterocycles. The molecule has 0 amide bonds. The number of aliphatic hydroxyl groups is 1. The van der Waals surface area contributed by atoms with Gasteiger partial charge in [0.1, 0.15) is 5.76 Å². The third-order valence-electron chi connectivity index (χ3n) is 3.29. The molecular weight excluding hydrogens is 328 g/mol. The van der Waals surface area contributed by atoms with Crippen molar-refractivity contribution in [1.29, 1.82) is 0 Å². The standard InChI is InChI=1S/C18H17BrO2/c1-13(20)18(15-8-3-2-4-9-15)17(21)12-11-14-7-5-6-10-16(14)19/h2-10,21H,11-12H2,1H3. The molecule has 21 heavy (non-hydrogen) atoms. The van der Waals surface area contributed by atoms with Gasteiger partial charge in [0.25, 0.3) is 0 Å². The molecule has 0 heterocycles. The minimum Gasteiger partial charge on any atom is -0.512 e. The van der Waals surface area contributed by atoms with Gasteiger partial charge in [-0.25, -0.2) is 0 Å². The van der Waals surface area contributed by atoms with E-state index in [9.17, 15) is 9.90 Å². The lowest BCUT2D eigenvalue weighted by atomic mass is 9.98. The molecule has 0 bridgehead atoms. The summed E-state index contributed by atoms with van der Waals surface area (Å²) in [4.78, 5) is 11.8. The van der Waals surface area contributed by atoms with Crippen molar-refractivity contribution in [2.45, 2.75) is 19.8 Å². The molecule has 0 aliphatic carbocycles. The molecule has 0 spiro atoms. The zero-order valence-corrected chi connectivity index (χ0v) is 13.4. The van der Waals surface area contributed by atoms with Crippen molar-refractivity contribution in [3.05, 3.63) is 76.0 Å². The van der Waals surface area contributed by atoms with Crippen LogP contribution in [0.5, 0.6) is 0 Å². The first-order valence-corrected chi connectivity index (χ1v) is 7.60. The fourth-order valence-electron chi connectivity index (χ4n) is 2.26. The van der Waals surface area contributed by atoms with Crippen LogP contribution in [0, 0.1) is 0 Å². The number of rotatable bonds is 5. The van der Waals surface area contributed by atoms with Gasteiger partial charge in [0, 0.05) is 10.9 Å². The van der Waals surface area contributed by atoms with Crippen LogP contribution in [0.1, 0.15) is 24.5 Å².